The number of thiazole rings is 1. The van der Waals surface area contributed by atoms with Crippen LogP contribution in [0.3, 0.4) is 0 Å². The van der Waals surface area contributed by atoms with E-state index in [0.717, 1.165) is 45.6 Å². The first-order chi connectivity index (χ1) is 16.1. The number of likely N-dealkylation sites (tertiary alicyclic amines) is 1. The van der Waals surface area contributed by atoms with Crippen LogP contribution >= 0.6 is 11.3 Å². The zero-order valence-electron chi connectivity index (χ0n) is 18.5. The van der Waals surface area contributed by atoms with Gasteiger partial charge >= 0.3 is 0 Å². The van der Waals surface area contributed by atoms with Crippen LogP contribution in [-0.4, -0.2) is 45.8 Å². The van der Waals surface area contributed by atoms with Crippen molar-refractivity contribution in [2.24, 2.45) is 0 Å². The number of amides is 2. The van der Waals surface area contributed by atoms with Crippen molar-refractivity contribution in [3.05, 3.63) is 77.1 Å². The van der Waals surface area contributed by atoms with Gasteiger partial charge in [0.2, 0.25) is 0 Å². The third-order valence-corrected chi connectivity index (χ3v) is 7.21. The summed E-state index contributed by atoms with van der Waals surface area (Å²) < 4.78 is 0. The summed E-state index contributed by atoms with van der Waals surface area (Å²) in [4.78, 5) is 37.1. The lowest BCUT2D eigenvalue weighted by Gasteiger charge is -2.35. The molecule has 1 aliphatic heterocycles. The van der Waals surface area contributed by atoms with Gasteiger partial charge in [-0.3, -0.25) is 9.59 Å². The number of carbonyl (C=O) groups is 2. The molecule has 0 saturated carbocycles. The number of aromatic nitrogens is 2. The topological polar surface area (TPSA) is 78.1 Å². The molecular formula is C26H26N4O2S. The van der Waals surface area contributed by atoms with Gasteiger partial charge in [-0.1, -0.05) is 48.5 Å². The van der Waals surface area contributed by atoms with Gasteiger partial charge in [0.25, 0.3) is 11.8 Å². The Morgan fingerprint density at radius 2 is 1.91 bits per heavy atom. The van der Waals surface area contributed by atoms with E-state index in [0.29, 0.717) is 24.3 Å². The van der Waals surface area contributed by atoms with E-state index in [-0.39, 0.29) is 17.9 Å². The van der Waals surface area contributed by atoms with Gasteiger partial charge in [0, 0.05) is 36.2 Å². The minimum absolute atomic E-state index is 0.0500. The van der Waals surface area contributed by atoms with Gasteiger partial charge in [-0.2, -0.15) is 0 Å². The van der Waals surface area contributed by atoms with E-state index in [9.17, 15) is 9.59 Å². The van der Waals surface area contributed by atoms with Gasteiger partial charge in [-0.25, -0.2) is 4.98 Å². The Morgan fingerprint density at radius 3 is 2.76 bits per heavy atom. The number of aromatic amines is 1. The average Bonchev–Trinajstić information content (AvgIpc) is 3.46. The highest BCUT2D eigenvalue weighted by Crippen LogP contribution is 2.32. The first-order valence-electron chi connectivity index (χ1n) is 11.3. The van der Waals surface area contributed by atoms with Gasteiger partial charge in [0.15, 0.2) is 0 Å². The van der Waals surface area contributed by atoms with E-state index in [1.54, 1.807) is 17.5 Å². The lowest BCUT2D eigenvalue weighted by Crippen LogP contribution is -2.49. The molecule has 2 aromatic heterocycles. The van der Waals surface area contributed by atoms with Crippen LogP contribution in [0.25, 0.3) is 21.3 Å². The summed E-state index contributed by atoms with van der Waals surface area (Å²) in [6.07, 6.45) is 4.61. The summed E-state index contributed by atoms with van der Waals surface area (Å²) >= 11 is 1.55. The van der Waals surface area contributed by atoms with E-state index >= 15 is 0 Å². The molecule has 4 aromatic rings. The number of piperidine rings is 1. The number of fused-ring (bicyclic) bond motifs is 1. The van der Waals surface area contributed by atoms with Gasteiger partial charge in [-0.05, 0) is 37.8 Å². The molecule has 3 heterocycles. The van der Waals surface area contributed by atoms with Crippen molar-refractivity contribution in [1.29, 1.82) is 0 Å². The number of benzene rings is 2. The summed E-state index contributed by atoms with van der Waals surface area (Å²) in [6, 6.07) is 17.6. The van der Waals surface area contributed by atoms with Crippen LogP contribution in [0.5, 0.6) is 0 Å². The molecule has 1 aliphatic rings. The normalized spacial score (nSPS) is 16.2. The lowest BCUT2D eigenvalue weighted by atomic mass is 10.0. The summed E-state index contributed by atoms with van der Waals surface area (Å²) in [7, 11) is 0. The van der Waals surface area contributed by atoms with Crippen molar-refractivity contribution in [3.8, 4) is 10.4 Å². The van der Waals surface area contributed by atoms with Crippen molar-refractivity contribution in [3.63, 3.8) is 0 Å². The summed E-state index contributed by atoms with van der Waals surface area (Å²) in [5.74, 6) is -0.177. The minimum Gasteiger partial charge on any atom is -0.360 e. The van der Waals surface area contributed by atoms with E-state index in [1.165, 1.54) is 0 Å². The number of hydrogen-bond donors (Lipinski definition) is 2. The number of hydrogen-bond acceptors (Lipinski definition) is 4. The number of carbonyl (C=O) groups excluding carboxylic acids is 2. The van der Waals surface area contributed by atoms with Gasteiger partial charge < -0.3 is 15.2 Å². The summed E-state index contributed by atoms with van der Waals surface area (Å²) in [6.45, 7) is 3.04. The standard InChI is InChI=1S/C26H26N4O2S/c1-17-29-23(24(33-17)18-9-3-2-4-10-18)26(32)30-14-8-7-11-19(30)15-28-25(31)21-16-27-22-13-6-5-12-20(21)22/h2-6,9-10,12-13,16,19,27H,7-8,11,14-15H2,1H3,(H,28,31). The molecule has 0 spiro atoms. The predicted octanol–water partition coefficient (Wildman–Crippen LogP) is 5.02. The Morgan fingerprint density at radius 1 is 1.12 bits per heavy atom. The molecule has 1 unspecified atom stereocenters. The fourth-order valence-electron chi connectivity index (χ4n) is 4.54. The Balaban J connectivity index is 1.34. The van der Waals surface area contributed by atoms with E-state index < -0.39 is 0 Å². The molecule has 7 heteroatoms. The Kier molecular flexibility index (Phi) is 5.96. The van der Waals surface area contributed by atoms with E-state index in [4.69, 9.17) is 0 Å². The van der Waals surface area contributed by atoms with E-state index in [1.807, 2.05) is 66.4 Å². The molecule has 2 amide bonds. The van der Waals surface area contributed by atoms with Crippen LogP contribution < -0.4 is 5.32 Å². The van der Waals surface area contributed by atoms with Gasteiger partial charge in [0.05, 0.1) is 15.4 Å². The highest BCUT2D eigenvalue weighted by molar-refractivity contribution is 7.15. The van der Waals surface area contributed by atoms with Crippen molar-refractivity contribution in [2.75, 3.05) is 13.1 Å². The van der Waals surface area contributed by atoms with Crippen LogP contribution in [0, 0.1) is 6.92 Å². The third kappa shape index (κ3) is 4.28. The van der Waals surface area contributed by atoms with Crippen molar-refractivity contribution >= 4 is 34.1 Å². The second kappa shape index (κ2) is 9.19. The molecule has 33 heavy (non-hydrogen) atoms. The largest absolute Gasteiger partial charge is 0.360 e. The van der Waals surface area contributed by atoms with E-state index in [2.05, 4.69) is 15.3 Å². The first kappa shape index (κ1) is 21.4. The number of nitrogens with one attached hydrogen (secondary N) is 2. The van der Waals surface area contributed by atoms with Crippen molar-refractivity contribution in [2.45, 2.75) is 32.2 Å². The number of para-hydroxylation sites is 1. The Labute approximate surface area is 196 Å². The highest BCUT2D eigenvalue weighted by Gasteiger charge is 2.31. The molecule has 1 saturated heterocycles. The van der Waals surface area contributed by atoms with Crippen LogP contribution in [0.2, 0.25) is 0 Å². The second-order valence-electron chi connectivity index (χ2n) is 8.38. The van der Waals surface area contributed by atoms with Crippen LogP contribution in [0.1, 0.15) is 45.1 Å². The maximum absolute atomic E-state index is 13.6. The average molecular weight is 459 g/mol. The number of rotatable bonds is 5. The van der Waals surface area contributed by atoms with Crippen LogP contribution in [-0.2, 0) is 0 Å². The van der Waals surface area contributed by atoms with Gasteiger partial charge in [0.1, 0.15) is 5.69 Å². The van der Waals surface area contributed by atoms with Gasteiger partial charge in [-0.15, -0.1) is 11.3 Å². The number of aryl methyl sites for hydroxylation is 1. The fourth-order valence-corrected chi connectivity index (χ4v) is 5.45. The molecule has 1 fully saturated rings. The SMILES string of the molecule is Cc1nc(C(=O)N2CCCCC2CNC(=O)c2c[nH]c3ccccc23)c(-c2ccccc2)s1. The summed E-state index contributed by atoms with van der Waals surface area (Å²) in [5, 5.41) is 4.84. The van der Waals surface area contributed by atoms with Crippen molar-refractivity contribution in [1.82, 2.24) is 20.2 Å². The molecule has 1 atom stereocenters. The predicted molar refractivity (Wildman–Crippen MR) is 132 cm³/mol. The van der Waals surface area contributed by atoms with Crippen molar-refractivity contribution < 1.29 is 9.59 Å². The molecule has 0 aliphatic carbocycles. The molecule has 168 valence electrons. The maximum Gasteiger partial charge on any atom is 0.274 e. The molecule has 2 N–H and O–H groups in total. The number of H-pyrrole nitrogens is 1. The fraction of sp³-hybridized carbons (Fsp3) is 0.269. The number of nitrogens with zero attached hydrogens (tertiary/aromatic N) is 2. The highest BCUT2D eigenvalue weighted by atomic mass is 32.1. The molecule has 0 bridgehead atoms. The Bertz CT molecular complexity index is 1290. The smallest absolute Gasteiger partial charge is 0.274 e. The van der Waals surface area contributed by atoms with Crippen LogP contribution in [0.15, 0.2) is 60.8 Å². The molecule has 6 nitrogen and oxygen atoms in total. The third-order valence-electron chi connectivity index (χ3n) is 6.19. The zero-order valence-corrected chi connectivity index (χ0v) is 19.3. The second-order valence-corrected chi connectivity index (χ2v) is 9.59. The lowest BCUT2D eigenvalue weighted by molar-refractivity contribution is 0.0598. The minimum atomic E-state index is -0.125. The Hall–Kier alpha value is -3.45. The quantitative estimate of drug-likeness (QED) is 0.441. The van der Waals surface area contributed by atoms with Crippen LogP contribution in [0.4, 0.5) is 0 Å². The molecule has 0 radical (unpaired) electrons. The molecular weight excluding hydrogens is 432 g/mol. The first-order valence-corrected chi connectivity index (χ1v) is 12.1. The molecule has 2 aromatic carbocycles. The maximum atomic E-state index is 13.6. The monoisotopic (exact) mass is 458 g/mol. The summed E-state index contributed by atoms with van der Waals surface area (Å²) in [5.41, 5.74) is 3.08. The molecule has 5 rings (SSSR count). The zero-order chi connectivity index (χ0) is 22.8.